The Morgan fingerprint density at radius 1 is 1.00 bits per heavy atom. The third-order valence-corrected chi connectivity index (χ3v) is 6.31. The average Bonchev–Trinajstić information content (AvgIpc) is 2.84. The Hall–Kier alpha value is -2.64. The van der Waals surface area contributed by atoms with Crippen LogP contribution in [0, 0.1) is 5.92 Å². The first-order valence-corrected chi connectivity index (χ1v) is 11.6. The molecule has 7 nitrogen and oxygen atoms in total. The molecule has 0 aromatic heterocycles. The lowest BCUT2D eigenvalue weighted by Crippen LogP contribution is -2.39. The van der Waals surface area contributed by atoms with E-state index in [9.17, 15) is 4.79 Å². The predicted octanol–water partition coefficient (Wildman–Crippen LogP) is 5.13. The number of rotatable bonds is 10. The lowest BCUT2D eigenvalue weighted by Gasteiger charge is -2.28. The number of nitrogens with two attached hydrogens (primary N) is 1. The van der Waals surface area contributed by atoms with Gasteiger partial charge in [0.2, 0.25) is 11.5 Å². The summed E-state index contributed by atoms with van der Waals surface area (Å²) in [5, 5.41) is 3.16. The number of nitrogens with one attached hydrogen (secondary N) is 1. The van der Waals surface area contributed by atoms with Crippen molar-refractivity contribution in [3.8, 4) is 28.7 Å². The number of ether oxygens (including phenoxy) is 4. The molecule has 1 fully saturated rings. The molecule has 2 aromatic carbocycles. The van der Waals surface area contributed by atoms with Crippen LogP contribution >= 0.6 is 12.4 Å². The smallest absolute Gasteiger partial charge is 0.255 e. The van der Waals surface area contributed by atoms with Crippen LogP contribution in [0.5, 0.6) is 28.7 Å². The van der Waals surface area contributed by atoms with E-state index < -0.39 is 0 Å². The van der Waals surface area contributed by atoms with Crippen LogP contribution in [0.4, 0.5) is 0 Å². The predicted molar refractivity (Wildman–Crippen MR) is 136 cm³/mol. The summed E-state index contributed by atoms with van der Waals surface area (Å²) in [6.45, 7) is 2.66. The minimum atomic E-state index is -0.228. The molecule has 1 amide bonds. The maximum atomic E-state index is 13.3. The number of hydrogen-bond acceptors (Lipinski definition) is 6. The van der Waals surface area contributed by atoms with E-state index in [2.05, 4.69) is 12.2 Å². The van der Waals surface area contributed by atoms with Crippen molar-refractivity contribution in [1.29, 1.82) is 0 Å². The molecule has 3 rings (SSSR count). The lowest BCUT2D eigenvalue weighted by molar-refractivity contribution is 0.0915. The fourth-order valence-electron chi connectivity index (χ4n) is 4.48. The second-order valence-corrected chi connectivity index (χ2v) is 8.47. The average molecular weight is 493 g/mol. The van der Waals surface area contributed by atoms with Crippen LogP contribution in [0.25, 0.3) is 0 Å². The molecular weight excluding hydrogens is 456 g/mol. The molecule has 188 valence electrons. The van der Waals surface area contributed by atoms with Gasteiger partial charge in [0, 0.05) is 12.1 Å². The highest BCUT2D eigenvalue weighted by Gasteiger charge is 2.28. The Morgan fingerprint density at radius 3 is 2.18 bits per heavy atom. The molecule has 1 aliphatic carbocycles. The van der Waals surface area contributed by atoms with Crippen molar-refractivity contribution in [2.75, 3.05) is 27.9 Å². The van der Waals surface area contributed by atoms with Crippen molar-refractivity contribution in [3.05, 3.63) is 41.5 Å². The molecule has 1 saturated carbocycles. The van der Waals surface area contributed by atoms with Gasteiger partial charge in [0.25, 0.3) is 5.91 Å². The van der Waals surface area contributed by atoms with Gasteiger partial charge in [-0.2, -0.15) is 0 Å². The summed E-state index contributed by atoms with van der Waals surface area (Å²) >= 11 is 0. The Labute approximate surface area is 208 Å². The summed E-state index contributed by atoms with van der Waals surface area (Å²) in [7, 11) is 4.55. The first-order chi connectivity index (χ1) is 16.0. The maximum Gasteiger partial charge on any atom is 0.255 e. The number of benzene rings is 2. The molecule has 8 heteroatoms. The number of amides is 1. The minimum absolute atomic E-state index is 0. The van der Waals surface area contributed by atoms with Crippen molar-refractivity contribution < 1.29 is 23.7 Å². The molecule has 1 atom stereocenters. The molecule has 0 unspecified atom stereocenters. The highest BCUT2D eigenvalue weighted by molar-refractivity contribution is 5.99. The fraction of sp³-hybridized carbons (Fsp3) is 0.500. The van der Waals surface area contributed by atoms with Gasteiger partial charge in [0.1, 0.15) is 5.75 Å². The molecular formula is C26H37ClN2O5. The van der Waals surface area contributed by atoms with Gasteiger partial charge in [0.15, 0.2) is 11.5 Å². The van der Waals surface area contributed by atoms with E-state index in [0.717, 1.165) is 24.8 Å². The minimum Gasteiger partial charge on any atom is -0.492 e. The fourth-order valence-corrected chi connectivity index (χ4v) is 4.48. The van der Waals surface area contributed by atoms with Crippen molar-refractivity contribution in [1.82, 2.24) is 5.32 Å². The van der Waals surface area contributed by atoms with Gasteiger partial charge in [-0.15, -0.1) is 12.4 Å². The zero-order chi connectivity index (χ0) is 23.8. The first-order valence-electron chi connectivity index (χ1n) is 11.6. The van der Waals surface area contributed by atoms with Gasteiger partial charge in [0.05, 0.1) is 26.9 Å². The number of halogens is 1. The molecule has 3 N–H and O–H groups in total. The lowest BCUT2D eigenvalue weighted by atomic mass is 9.84. The van der Waals surface area contributed by atoms with E-state index in [-0.39, 0.29) is 24.4 Å². The standard InChI is InChI=1S/C26H36N2O5.ClH/c1-17(19-8-6-5-7-9-19)28-26(29)21-16-22(24(31-3)25(32-4)23(21)30-2)33-20-12-10-18(11-13-20)14-15-27;/h10-13,16-17,19H,5-9,14-15,27H2,1-4H3,(H,28,29);1H/t17-;/m1./s1. The summed E-state index contributed by atoms with van der Waals surface area (Å²) in [6.07, 6.45) is 6.77. The quantitative estimate of drug-likeness (QED) is 0.478. The molecule has 0 spiro atoms. The summed E-state index contributed by atoms with van der Waals surface area (Å²) < 4.78 is 22.8. The molecule has 0 radical (unpaired) electrons. The van der Waals surface area contributed by atoms with Gasteiger partial charge in [-0.3, -0.25) is 4.79 Å². The van der Waals surface area contributed by atoms with Crippen LogP contribution < -0.4 is 30.0 Å². The van der Waals surface area contributed by atoms with Crippen molar-refractivity contribution >= 4 is 18.3 Å². The number of hydrogen-bond donors (Lipinski definition) is 2. The third kappa shape index (κ3) is 6.48. The molecule has 0 aliphatic heterocycles. The monoisotopic (exact) mass is 492 g/mol. The van der Waals surface area contributed by atoms with Crippen LogP contribution in [0.15, 0.2) is 30.3 Å². The SMILES string of the molecule is COc1c(Oc2ccc(CCN)cc2)cc(C(=O)N[C@H](C)C2CCCCC2)c(OC)c1OC.Cl. The van der Waals surface area contributed by atoms with E-state index in [1.54, 1.807) is 6.07 Å². The number of methoxy groups -OCH3 is 3. The van der Waals surface area contributed by atoms with E-state index in [1.165, 1.54) is 40.6 Å². The van der Waals surface area contributed by atoms with Crippen LogP contribution in [-0.4, -0.2) is 39.8 Å². The summed E-state index contributed by atoms with van der Waals surface area (Å²) in [6, 6.07) is 9.38. The largest absolute Gasteiger partial charge is 0.492 e. The third-order valence-electron chi connectivity index (χ3n) is 6.31. The Kier molecular flexibility index (Phi) is 10.8. The van der Waals surface area contributed by atoms with E-state index >= 15 is 0 Å². The molecule has 0 heterocycles. The normalized spacial score (nSPS) is 14.5. The zero-order valence-corrected chi connectivity index (χ0v) is 21.3. The molecule has 2 aromatic rings. The topological polar surface area (TPSA) is 92.0 Å². The van der Waals surface area contributed by atoms with Crippen LogP contribution in [0.3, 0.4) is 0 Å². The first kappa shape index (κ1) is 27.6. The van der Waals surface area contributed by atoms with Crippen LogP contribution in [0.1, 0.15) is 54.9 Å². The second kappa shape index (κ2) is 13.3. The summed E-state index contributed by atoms with van der Waals surface area (Å²) in [4.78, 5) is 13.3. The van der Waals surface area contributed by atoms with E-state index in [0.29, 0.717) is 46.8 Å². The summed E-state index contributed by atoms with van der Waals surface area (Å²) in [5.41, 5.74) is 7.10. The van der Waals surface area contributed by atoms with Gasteiger partial charge in [-0.05, 0) is 56.3 Å². The zero-order valence-electron chi connectivity index (χ0n) is 20.5. The highest BCUT2D eigenvalue weighted by Crippen LogP contribution is 2.48. The Morgan fingerprint density at radius 2 is 1.62 bits per heavy atom. The number of carbonyl (C=O) groups excluding carboxylic acids is 1. The maximum absolute atomic E-state index is 13.3. The van der Waals surface area contributed by atoms with Gasteiger partial charge in [-0.1, -0.05) is 31.4 Å². The van der Waals surface area contributed by atoms with Gasteiger partial charge < -0.3 is 30.0 Å². The molecule has 0 saturated heterocycles. The highest BCUT2D eigenvalue weighted by atomic mass is 35.5. The van der Waals surface area contributed by atoms with Crippen LogP contribution in [0.2, 0.25) is 0 Å². The number of carbonyl (C=O) groups is 1. The van der Waals surface area contributed by atoms with Gasteiger partial charge in [-0.25, -0.2) is 0 Å². The van der Waals surface area contributed by atoms with Crippen molar-refractivity contribution in [3.63, 3.8) is 0 Å². The van der Waals surface area contributed by atoms with E-state index in [1.807, 2.05) is 24.3 Å². The van der Waals surface area contributed by atoms with Crippen LogP contribution in [-0.2, 0) is 6.42 Å². The molecule has 0 bridgehead atoms. The second-order valence-electron chi connectivity index (χ2n) is 8.47. The molecule has 34 heavy (non-hydrogen) atoms. The van der Waals surface area contributed by atoms with E-state index in [4.69, 9.17) is 24.7 Å². The Balaban J connectivity index is 0.00000408. The van der Waals surface area contributed by atoms with Crippen molar-refractivity contribution in [2.45, 2.75) is 51.5 Å². The van der Waals surface area contributed by atoms with Crippen molar-refractivity contribution in [2.24, 2.45) is 11.7 Å². The Bertz CT molecular complexity index is 930. The van der Waals surface area contributed by atoms with Gasteiger partial charge >= 0.3 is 0 Å². The summed E-state index contributed by atoms with van der Waals surface area (Å²) in [5.74, 6) is 2.23. The molecule has 1 aliphatic rings.